The second kappa shape index (κ2) is 4.86. The topological polar surface area (TPSA) is 64.7 Å². The third-order valence-electron chi connectivity index (χ3n) is 2.82. The van der Waals surface area contributed by atoms with Crippen LogP contribution in [0.3, 0.4) is 0 Å². The summed E-state index contributed by atoms with van der Waals surface area (Å²) in [6.45, 7) is 0. The third kappa shape index (κ3) is 2.28. The van der Waals surface area contributed by atoms with E-state index in [1.54, 1.807) is 24.7 Å². The van der Waals surface area contributed by atoms with Gasteiger partial charge in [-0.25, -0.2) is 4.98 Å². The molecule has 0 radical (unpaired) electrons. The molecule has 92 valence electrons. The Morgan fingerprint density at radius 3 is 2.11 bits per heavy atom. The highest BCUT2D eigenvalue weighted by Gasteiger charge is 2.09. The van der Waals surface area contributed by atoms with Crippen LogP contribution in [0.15, 0.2) is 61.2 Å². The molecule has 3 aromatic heterocycles. The number of anilines is 1. The summed E-state index contributed by atoms with van der Waals surface area (Å²) < 4.78 is 0. The van der Waals surface area contributed by atoms with Gasteiger partial charge in [-0.15, -0.1) is 0 Å². The molecule has 0 aliphatic rings. The van der Waals surface area contributed by atoms with E-state index in [1.165, 1.54) is 0 Å². The highest BCUT2D eigenvalue weighted by molar-refractivity contribution is 5.80. The molecule has 3 aromatic rings. The lowest BCUT2D eigenvalue weighted by molar-refractivity contribution is 1.27. The van der Waals surface area contributed by atoms with E-state index in [1.807, 2.05) is 36.5 Å². The monoisotopic (exact) mass is 248 g/mol. The van der Waals surface area contributed by atoms with Crippen LogP contribution in [0.25, 0.3) is 22.4 Å². The summed E-state index contributed by atoms with van der Waals surface area (Å²) in [6, 6.07) is 11.5. The molecule has 0 spiro atoms. The van der Waals surface area contributed by atoms with Gasteiger partial charge in [-0.2, -0.15) is 0 Å². The molecule has 0 aromatic carbocycles. The standard InChI is InChI=1S/C15H12N4/c16-14-6-5-13(11-3-1-7-17-9-11)15(19-14)12-4-2-8-18-10-12/h1-10H,(H2,16,19). The first kappa shape index (κ1) is 11.3. The van der Waals surface area contributed by atoms with Crippen molar-refractivity contribution in [3.63, 3.8) is 0 Å². The Morgan fingerprint density at radius 2 is 1.47 bits per heavy atom. The lowest BCUT2D eigenvalue weighted by Gasteiger charge is -2.09. The van der Waals surface area contributed by atoms with Gasteiger partial charge in [0.1, 0.15) is 5.82 Å². The maximum absolute atomic E-state index is 5.80. The first-order valence-electron chi connectivity index (χ1n) is 5.92. The van der Waals surface area contributed by atoms with Gasteiger partial charge in [-0.05, 0) is 30.3 Å². The molecule has 0 fully saturated rings. The number of rotatable bonds is 2. The first-order valence-corrected chi connectivity index (χ1v) is 5.92. The molecular weight excluding hydrogens is 236 g/mol. The second-order valence-corrected chi connectivity index (χ2v) is 4.12. The molecule has 19 heavy (non-hydrogen) atoms. The number of nitrogen functional groups attached to an aromatic ring is 1. The Kier molecular flexibility index (Phi) is 2.90. The van der Waals surface area contributed by atoms with Crippen LogP contribution in [0.5, 0.6) is 0 Å². The Balaban J connectivity index is 2.21. The smallest absolute Gasteiger partial charge is 0.124 e. The van der Waals surface area contributed by atoms with Crippen molar-refractivity contribution in [1.29, 1.82) is 0 Å². The summed E-state index contributed by atoms with van der Waals surface area (Å²) >= 11 is 0. The van der Waals surface area contributed by atoms with E-state index in [4.69, 9.17) is 5.73 Å². The van der Waals surface area contributed by atoms with Crippen LogP contribution in [0, 0.1) is 0 Å². The van der Waals surface area contributed by atoms with Gasteiger partial charge in [0.05, 0.1) is 5.69 Å². The molecule has 0 atom stereocenters. The van der Waals surface area contributed by atoms with Crippen molar-refractivity contribution < 1.29 is 0 Å². The van der Waals surface area contributed by atoms with Gasteiger partial charge in [-0.1, -0.05) is 6.07 Å². The molecule has 0 bridgehead atoms. The molecule has 0 saturated carbocycles. The maximum Gasteiger partial charge on any atom is 0.124 e. The predicted octanol–water partition coefficient (Wildman–Crippen LogP) is 2.79. The fourth-order valence-electron chi connectivity index (χ4n) is 1.95. The summed E-state index contributed by atoms with van der Waals surface area (Å²) in [5.41, 5.74) is 9.56. The van der Waals surface area contributed by atoms with E-state index in [-0.39, 0.29) is 0 Å². The Hall–Kier alpha value is -2.75. The van der Waals surface area contributed by atoms with Gasteiger partial charge >= 0.3 is 0 Å². The van der Waals surface area contributed by atoms with E-state index in [0.717, 1.165) is 22.4 Å². The number of pyridine rings is 3. The Morgan fingerprint density at radius 1 is 0.789 bits per heavy atom. The van der Waals surface area contributed by atoms with Crippen molar-refractivity contribution in [2.24, 2.45) is 0 Å². The SMILES string of the molecule is Nc1ccc(-c2cccnc2)c(-c2cccnc2)n1. The summed E-state index contributed by atoms with van der Waals surface area (Å²) in [6.07, 6.45) is 7.08. The molecule has 3 rings (SSSR count). The fraction of sp³-hybridized carbons (Fsp3) is 0. The van der Waals surface area contributed by atoms with Gasteiger partial charge in [0.25, 0.3) is 0 Å². The first-order chi connectivity index (χ1) is 9.34. The quantitative estimate of drug-likeness (QED) is 0.757. The van der Waals surface area contributed by atoms with Gasteiger partial charge in [0.2, 0.25) is 0 Å². The van der Waals surface area contributed by atoms with Gasteiger partial charge < -0.3 is 5.73 Å². The van der Waals surface area contributed by atoms with Crippen LogP contribution in [0.4, 0.5) is 5.82 Å². The third-order valence-corrected chi connectivity index (χ3v) is 2.82. The predicted molar refractivity (Wildman–Crippen MR) is 75.1 cm³/mol. The minimum absolute atomic E-state index is 0.492. The van der Waals surface area contributed by atoms with E-state index >= 15 is 0 Å². The summed E-state index contributed by atoms with van der Waals surface area (Å²) in [4.78, 5) is 12.7. The molecular formula is C15H12N4. The van der Waals surface area contributed by atoms with Crippen LogP contribution in [-0.4, -0.2) is 15.0 Å². The highest BCUT2D eigenvalue weighted by atomic mass is 14.8. The van der Waals surface area contributed by atoms with Crippen molar-refractivity contribution >= 4 is 5.82 Å². The number of nitrogens with zero attached hydrogens (tertiary/aromatic N) is 3. The molecule has 0 saturated heterocycles. The van der Waals surface area contributed by atoms with E-state index in [9.17, 15) is 0 Å². The molecule has 3 heterocycles. The molecule has 0 aliphatic heterocycles. The highest BCUT2D eigenvalue weighted by Crippen LogP contribution is 2.30. The largest absolute Gasteiger partial charge is 0.384 e. The molecule has 4 nitrogen and oxygen atoms in total. The molecule has 0 unspecified atom stereocenters. The van der Waals surface area contributed by atoms with E-state index in [2.05, 4.69) is 15.0 Å². The lowest BCUT2D eigenvalue weighted by Crippen LogP contribution is -1.95. The zero-order chi connectivity index (χ0) is 13.1. The van der Waals surface area contributed by atoms with Crippen molar-refractivity contribution in [2.45, 2.75) is 0 Å². The van der Waals surface area contributed by atoms with Gasteiger partial charge in [0, 0.05) is 41.5 Å². The zero-order valence-corrected chi connectivity index (χ0v) is 10.2. The maximum atomic E-state index is 5.80. The van der Waals surface area contributed by atoms with Crippen molar-refractivity contribution in [2.75, 3.05) is 5.73 Å². The average Bonchev–Trinajstić information content (AvgIpc) is 2.49. The number of aromatic nitrogens is 3. The zero-order valence-electron chi connectivity index (χ0n) is 10.2. The number of nitrogens with two attached hydrogens (primary N) is 1. The normalized spacial score (nSPS) is 10.3. The van der Waals surface area contributed by atoms with E-state index in [0.29, 0.717) is 5.82 Å². The molecule has 0 aliphatic carbocycles. The average molecular weight is 248 g/mol. The van der Waals surface area contributed by atoms with Crippen LogP contribution < -0.4 is 5.73 Å². The minimum atomic E-state index is 0.492. The van der Waals surface area contributed by atoms with Crippen LogP contribution in [0.2, 0.25) is 0 Å². The van der Waals surface area contributed by atoms with Crippen LogP contribution in [-0.2, 0) is 0 Å². The minimum Gasteiger partial charge on any atom is -0.384 e. The Bertz CT molecular complexity index is 681. The van der Waals surface area contributed by atoms with Crippen LogP contribution >= 0.6 is 0 Å². The second-order valence-electron chi connectivity index (χ2n) is 4.12. The molecule has 0 amide bonds. The van der Waals surface area contributed by atoms with E-state index < -0.39 is 0 Å². The summed E-state index contributed by atoms with van der Waals surface area (Å²) in [5.74, 6) is 0.492. The number of hydrogen-bond acceptors (Lipinski definition) is 4. The van der Waals surface area contributed by atoms with Crippen LogP contribution in [0.1, 0.15) is 0 Å². The van der Waals surface area contributed by atoms with Gasteiger partial charge in [0.15, 0.2) is 0 Å². The molecule has 2 N–H and O–H groups in total. The summed E-state index contributed by atoms with van der Waals surface area (Å²) in [5, 5.41) is 0. The number of hydrogen-bond donors (Lipinski definition) is 1. The molecule has 4 heteroatoms. The van der Waals surface area contributed by atoms with Crippen molar-refractivity contribution in [3.8, 4) is 22.4 Å². The lowest BCUT2D eigenvalue weighted by atomic mass is 10.0. The summed E-state index contributed by atoms with van der Waals surface area (Å²) in [7, 11) is 0. The van der Waals surface area contributed by atoms with Crippen molar-refractivity contribution in [3.05, 3.63) is 61.2 Å². The van der Waals surface area contributed by atoms with Crippen molar-refractivity contribution in [1.82, 2.24) is 15.0 Å². The van der Waals surface area contributed by atoms with Gasteiger partial charge in [-0.3, -0.25) is 9.97 Å². The Labute approximate surface area is 111 Å². The fourth-order valence-corrected chi connectivity index (χ4v) is 1.95.